The summed E-state index contributed by atoms with van der Waals surface area (Å²) in [6, 6.07) is 13.6. The topological polar surface area (TPSA) is 54.7 Å². The quantitative estimate of drug-likeness (QED) is 0.499. The lowest BCUT2D eigenvalue weighted by atomic mass is 9.99. The van der Waals surface area contributed by atoms with Gasteiger partial charge in [0.25, 0.3) is 0 Å². The van der Waals surface area contributed by atoms with Gasteiger partial charge in [0.2, 0.25) is 0 Å². The average Bonchev–Trinajstić information content (AvgIpc) is 3.03. The number of aromatic nitrogens is 1. The van der Waals surface area contributed by atoms with E-state index in [1.165, 1.54) is 0 Å². The Morgan fingerprint density at radius 2 is 1.90 bits per heavy atom. The molecule has 0 bridgehead atoms. The van der Waals surface area contributed by atoms with Crippen molar-refractivity contribution in [2.75, 3.05) is 19.7 Å². The number of rotatable bonds is 5. The SMILES string of the molecule is CCOC(=O)c1c(CN2CCC(C)CC2)n(-c2ccccc2)c2cc(Br)c(O)cc12. The van der Waals surface area contributed by atoms with E-state index < -0.39 is 0 Å². The van der Waals surface area contributed by atoms with Gasteiger partial charge in [-0.05, 0) is 79.0 Å². The number of para-hydroxylation sites is 1. The van der Waals surface area contributed by atoms with Crippen molar-refractivity contribution in [1.29, 1.82) is 0 Å². The normalized spacial score (nSPS) is 15.6. The zero-order chi connectivity index (χ0) is 21.3. The van der Waals surface area contributed by atoms with Crippen LogP contribution < -0.4 is 0 Å². The molecule has 2 aromatic carbocycles. The van der Waals surface area contributed by atoms with Gasteiger partial charge in [-0.15, -0.1) is 0 Å². The minimum atomic E-state index is -0.348. The Morgan fingerprint density at radius 1 is 1.20 bits per heavy atom. The molecule has 4 rings (SSSR count). The zero-order valence-electron chi connectivity index (χ0n) is 17.4. The maximum Gasteiger partial charge on any atom is 0.340 e. The minimum Gasteiger partial charge on any atom is -0.507 e. The Kier molecular flexibility index (Phi) is 6.16. The van der Waals surface area contributed by atoms with E-state index in [4.69, 9.17) is 4.74 Å². The van der Waals surface area contributed by atoms with Gasteiger partial charge in [0.05, 0.1) is 27.9 Å². The first kappa shape index (κ1) is 20.9. The van der Waals surface area contributed by atoms with Crippen molar-refractivity contribution in [3.05, 3.63) is 58.2 Å². The fourth-order valence-corrected chi connectivity index (χ4v) is 4.57. The fraction of sp³-hybridized carbons (Fsp3) is 0.375. The van der Waals surface area contributed by atoms with E-state index in [9.17, 15) is 9.90 Å². The van der Waals surface area contributed by atoms with E-state index in [1.807, 2.05) is 43.3 Å². The number of aromatic hydroxyl groups is 1. The third-order valence-corrected chi connectivity index (χ3v) is 6.51. The van der Waals surface area contributed by atoms with Crippen LogP contribution in [0.5, 0.6) is 5.75 Å². The summed E-state index contributed by atoms with van der Waals surface area (Å²) in [5.41, 5.74) is 3.30. The lowest BCUT2D eigenvalue weighted by molar-refractivity contribution is 0.0525. The van der Waals surface area contributed by atoms with Crippen LogP contribution in [-0.4, -0.2) is 40.2 Å². The molecule has 2 heterocycles. The summed E-state index contributed by atoms with van der Waals surface area (Å²) in [6.07, 6.45) is 2.32. The number of fused-ring (bicyclic) bond motifs is 1. The van der Waals surface area contributed by atoms with Gasteiger partial charge in [-0.3, -0.25) is 4.90 Å². The maximum atomic E-state index is 13.1. The number of phenols is 1. The smallest absolute Gasteiger partial charge is 0.340 e. The predicted octanol–water partition coefficient (Wildman–Crippen LogP) is 5.51. The molecule has 30 heavy (non-hydrogen) atoms. The molecule has 1 saturated heterocycles. The third kappa shape index (κ3) is 3.98. The van der Waals surface area contributed by atoms with E-state index in [2.05, 4.69) is 32.3 Å². The first-order chi connectivity index (χ1) is 14.5. The van der Waals surface area contributed by atoms with Crippen molar-refractivity contribution in [3.63, 3.8) is 0 Å². The molecule has 1 fully saturated rings. The van der Waals surface area contributed by atoms with E-state index >= 15 is 0 Å². The van der Waals surface area contributed by atoms with Crippen LogP contribution in [0.4, 0.5) is 0 Å². The fourth-order valence-electron chi connectivity index (χ4n) is 4.23. The second-order valence-corrected chi connectivity index (χ2v) is 8.85. The van der Waals surface area contributed by atoms with Crippen LogP contribution in [0.2, 0.25) is 0 Å². The Labute approximate surface area is 185 Å². The number of hydrogen-bond acceptors (Lipinski definition) is 4. The first-order valence-electron chi connectivity index (χ1n) is 10.5. The van der Waals surface area contributed by atoms with Crippen LogP contribution >= 0.6 is 15.9 Å². The van der Waals surface area contributed by atoms with Gasteiger partial charge in [0.15, 0.2) is 0 Å². The number of carbonyl (C=O) groups excluding carboxylic acids is 1. The Bertz CT molecular complexity index is 1050. The molecule has 0 radical (unpaired) electrons. The van der Waals surface area contributed by atoms with E-state index in [0.29, 0.717) is 28.6 Å². The number of benzene rings is 2. The van der Waals surface area contributed by atoms with Crippen molar-refractivity contribution in [2.24, 2.45) is 5.92 Å². The molecule has 1 aromatic heterocycles. The number of ether oxygens (including phenoxy) is 1. The van der Waals surface area contributed by atoms with Gasteiger partial charge in [-0.25, -0.2) is 4.79 Å². The number of nitrogens with zero attached hydrogens (tertiary/aromatic N) is 2. The highest BCUT2D eigenvalue weighted by Gasteiger charge is 2.28. The Balaban J connectivity index is 1.95. The van der Waals surface area contributed by atoms with Crippen molar-refractivity contribution < 1.29 is 14.6 Å². The number of esters is 1. The molecule has 1 aliphatic rings. The van der Waals surface area contributed by atoms with E-state index in [1.54, 1.807) is 6.07 Å². The maximum absolute atomic E-state index is 13.1. The van der Waals surface area contributed by atoms with Crippen molar-refractivity contribution >= 4 is 32.8 Å². The Morgan fingerprint density at radius 3 is 2.57 bits per heavy atom. The van der Waals surface area contributed by atoms with Crippen LogP contribution in [0, 0.1) is 5.92 Å². The van der Waals surface area contributed by atoms with Gasteiger partial charge < -0.3 is 14.4 Å². The van der Waals surface area contributed by atoms with Gasteiger partial charge >= 0.3 is 5.97 Å². The Hall–Kier alpha value is -2.31. The molecule has 0 atom stereocenters. The summed E-state index contributed by atoms with van der Waals surface area (Å²) in [6.45, 7) is 7.09. The van der Waals surface area contributed by atoms with E-state index in [-0.39, 0.29) is 11.7 Å². The molecule has 1 N–H and O–H groups in total. The number of hydrogen-bond donors (Lipinski definition) is 1. The second-order valence-electron chi connectivity index (χ2n) is 7.99. The lowest BCUT2D eigenvalue weighted by Crippen LogP contribution is -2.33. The molecular formula is C24H27BrN2O3. The largest absolute Gasteiger partial charge is 0.507 e. The van der Waals surface area contributed by atoms with Crippen LogP contribution in [-0.2, 0) is 11.3 Å². The monoisotopic (exact) mass is 470 g/mol. The predicted molar refractivity (Wildman–Crippen MR) is 122 cm³/mol. The molecule has 0 saturated carbocycles. The summed E-state index contributed by atoms with van der Waals surface area (Å²) in [7, 11) is 0. The molecule has 0 spiro atoms. The van der Waals surface area contributed by atoms with Crippen LogP contribution in [0.15, 0.2) is 46.9 Å². The molecular weight excluding hydrogens is 444 g/mol. The average molecular weight is 471 g/mol. The zero-order valence-corrected chi connectivity index (χ0v) is 19.0. The van der Waals surface area contributed by atoms with Gasteiger partial charge in [-0.1, -0.05) is 25.1 Å². The summed E-state index contributed by atoms with van der Waals surface area (Å²) in [5.74, 6) is 0.495. The minimum absolute atomic E-state index is 0.108. The summed E-state index contributed by atoms with van der Waals surface area (Å²) >= 11 is 3.44. The number of carbonyl (C=O) groups is 1. The van der Waals surface area contributed by atoms with Gasteiger partial charge in [0.1, 0.15) is 5.75 Å². The molecule has 0 unspecified atom stereocenters. The molecule has 6 heteroatoms. The summed E-state index contributed by atoms with van der Waals surface area (Å²) < 4.78 is 8.16. The molecule has 3 aromatic rings. The van der Waals surface area contributed by atoms with Crippen LogP contribution in [0.3, 0.4) is 0 Å². The van der Waals surface area contributed by atoms with Crippen molar-refractivity contribution in [2.45, 2.75) is 33.2 Å². The van der Waals surface area contributed by atoms with Gasteiger partial charge in [-0.2, -0.15) is 0 Å². The lowest BCUT2D eigenvalue weighted by Gasteiger charge is -2.30. The summed E-state index contributed by atoms with van der Waals surface area (Å²) in [5, 5.41) is 11.1. The van der Waals surface area contributed by atoms with Gasteiger partial charge in [0, 0.05) is 17.6 Å². The highest BCUT2D eigenvalue weighted by molar-refractivity contribution is 9.10. The molecule has 0 amide bonds. The first-order valence-corrected chi connectivity index (χ1v) is 11.3. The molecule has 0 aliphatic carbocycles. The summed E-state index contributed by atoms with van der Waals surface area (Å²) in [4.78, 5) is 15.5. The van der Waals surface area contributed by atoms with Crippen molar-refractivity contribution in [1.82, 2.24) is 9.47 Å². The number of piperidine rings is 1. The standard InChI is InChI=1S/C24H27BrN2O3/c1-3-30-24(29)23-18-13-22(28)19(25)14-20(18)27(17-7-5-4-6-8-17)21(23)15-26-11-9-16(2)10-12-26/h4-8,13-14,16,28H,3,9-12,15H2,1-2H3. The number of likely N-dealkylation sites (tertiary alicyclic amines) is 1. The van der Waals surface area contributed by atoms with E-state index in [0.717, 1.165) is 48.7 Å². The number of phenolic OH excluding ortho intramolecular Hbond substituents is 1. The van der Waals surface area contributed by atoms with Crippen LogP contribution in [0.1, 0.15) is 42.7 Å². The number of halogens is 1. The molecule has 5 nitrogen and oxygen atoms in total. The molecule has 158 valence electrons. The third-order valence-electron chi connectivity index (χ3n) is 5.88. The van der Waals surface area contributed by atoms with Crippen LogP contribution in [0.25, 0.3) is 16.6 Å². The van der Waals surface area contributed by atoms with Crippen molar-refractivity contribution in [3.8, 4) is 11.4 Å². The second kappa shape index (κ2) is 8.82. The highest BCUT2D eigenvalue weighted by atomic mass is 79.9. The molecule has 1 aliphatic heterocycles. The highest BCUT2D eigenvalue weighted by Crippen LogP contribution is 2.37.